The molecular formula is C9H8ClFN2O3. The lowest BCUT2D eigenvalue weighted by atomic mass is 10.2. The molecule has 0 saturated carbocycles. The molecule has 5 nitrogen and oxygen atoms in total. The number of benzene rings is 1. The molecule has 1 rings (SSSR count). The number of hydrogen-bond donors (Lipinski definition) is 1. The number of halogens is 2. The largest absolute Gasteiger partial charge is 0.317 e. The summed E-state index contributed by atoms with van der Waals surface area (Å²) in [5.41, 5.74) is -0.976. The molecule has 0 heterocycles. The molecule has 86 valence electrons. The molecule has 1 amide bonds. The van der Waals surface area contributed by atoms with E-state index in [2.05, 4.69) is 5.32 Å². The zero-order valence-electron chi connectivity index (χ0n) is 8.24. The van der Waals surface area contributed by atoms with E-state index in [1.165, 1.54) is 13.0 Å². The minimum absolute atomic E-state index is 0.468. The van der Waals surface area contributed by atoms with Gasteiger partial charge in [0.25, 0.3) is 5.69 Å². The first-order chi connectivity index (χ1) is 7.43. The first-order valence-corrected chi connectivity index (χ1v) is 4.75. The van der Waals surface area contributed by atoms with Crippen molar-refractivity contribution in [2.24, 2.45) is 0 Å². The Balaban J connectivity index is 3.11. The van der Waals surface area contributed by atoms with Gasteiger partial charge in [0.2, 0.25) is 5.91 Å². The highest BCUT2D eigenvalue weighted by Gasteiger charge is 2.21. The number of nitro groups is 1. The lowest BCUT2D eigenvalue weighted by Crippen LogP contribution is -2.21. The molecule has 1 aromatic carbocycles. The highest BCUT2D eigenvalue weighted by atomic mass is 35.5. The maximum Gasteiger partial charge on any atom is 0.295 e. The fourth-order valence-corrected chi connectivity index (χ4v) is 1.07. The predicted octanol–water partition coefficient (Wildman–Crippen LogP) is 2.30. The lowest BCUT2D eigenvalue weighted by Gasteiger charge is -2.07. The van der Waals surface area contributed by atoms with Gasteiger partial charge in [0.05, 0.1) is 4.92 Å². The lowest BCUT2D eigenvalue weighted by molar-refractivity contribution is -0.384. The van der Waals surface area contributed by atoms with Crippen molar-refractivity contribution >= 4 is 28.9 Å². The molecule has 0 saturated heterocycles. The third-order valence-corrected chi connectivity index (χ3v) is 2.00. The van der Waals surface area contributed by atoms with Gasteiger partial charge in [-0.1, -0.05) is 6.07 Å². The molecule has 0 bridgehead atoms. The van der Waals surface area contributed by atoms with Crippen molar-refractivity contribution in [3.8, 4) is 0 Å². The number of para-hydroxylation sites is 1. The van der Waals surface area contributed by atoms with Crippen LogP contribution in [0.25, 0.3) is 0 Å². The number of hydrogen-bond acceptors (Lipinski definition) is 3. The topological polar surface area (TPSA) is 72.2 Å². The van der Waals surface area contributed by atoms with E-state index in [4.69, 9.17) is 11.6 Å². The molecule has 0 aliphatic heterocycles. The zero-order chi connectivity index (χ0) is 12.3. The van der Waals surface area contributed by atoms with Gasteiger partial charge in [-0.3, -0.25) is 14.9 Å². The highest BCUT2D eigenvalue weighted by Crippen LogP contribution is 2.27. The summed E-state index contributed by atoms with van der Waals surface area (Å²) in [5, 5.41) is 11.7. The Morgan fingerprint density at radius 2 is 2.25 bits per heavy atom. The van der Waals surface area contributed by atoms with Gasteiger partial charge in [0.1, 0.15) is 5.38 Å². The van der Waals surface area contributed by atoms with Crippen LogP contribution in [0.3, 0.4) is 0 Å². The van der Waals surface area contributed by atoms with E-state index in [9.17, 15) is 19.3 Å². The number of amides is 1. The van der Waals surface area contributed by atoms with E-state index in [1.807, 2.05) is 0 Å². The van der Waals surface area contributed by atoms with Gasteiger partial charge in [-0.15, -0.1) is 11.6 Å². The summed E-state index contributed by atoms with van der Waals surface area (Å²) in [6.07, 6.45) is 0. The molecular weight excluding hydrogens is 239 g/mol. The zero-order valence-corrected chi connectivity index (χ0v) is 8.99. The average Bonchev–Trinajstić information content (AvgIpc) is 2.20. The van der Waals surface area contributed by atoms with Gasteiger partial charge in [-0.25, -0.2) is 4.39 Å². The second-order valence-electron chi connectivity index (χ2n) is 3.00. The van der Waals surface area contributed by atoms with Crippen LogP contribution in [0.4, 0.5) is 15.8 Å². The molecule has 0 aliphatic rings. The molecule has 16 heavy (non-hydrogen) atoms. The van der Waals surface area contributed by atoms with E-state index in [1.54, 1.807) is 0 Å². The van der Waals surface area contributed by atoms with Gasteiger partial charge in [0, 0.05) is 6.07 Å². The van der Waals surface area contributed by atoms with Crippen LogP contribution in [0.1, 0.15) is 6.92 Å². The molecule has 1 atom stereocenters. The highest BCUT2D eigenvalue weighted by molar-refractivity contribution is 6.32. The number of carbonyl (C=O) groups is 1. The summed E-state index contributed by atoms with van der Waals surface area (Å²) in [4.78, 5) is 21.0. The molecule has 1 N–H and O–H groups in total. The molecule has 1 aromatic rings. The Morgan fingerprint density at radius 1 is 1.62 bits per heavy atom. The molecule has 0 spiro atoms. The first-order valence-electron chi connectivity index (χ1n) is 4.31. The average molecular weight is 247 g/mol. The number of alkyl halides is 1. The van der Waals surface area contributed by atoms with Gasteiger partial charge in [-0.05, 0) is 13.0 Å². The Bertz CT molecular complexity index is 437. The molecule has 0 fully saturated rings. The maximum absolute atomic E-state index is 13.3. The molecule has 7 heteroatoms. The summed E-state index contributed by atoms with van der Waals surface area (Å²) in [6, 6.07) is 3.30. The summed E-state index contributed by atoms with van der Waals surface area (Å²) in [5.74, 6) is -1.57. The van der Waals surface area contributed by atoms with Crippen LogP contribution in [0.5, 0.6) is 0 Å². The van der Waals surface area contributed by atoms with Crippen LogP contribution in [-0.4, -0.2) is 16.2 Å². The second-order valence-corrected chi connectivity index (χ2v) is 3.65. The quantitative estimate of drug-likeness (QED) is 0.505. The SMILES string of the molecule is CC(Cl)C(=O)Nc1c(F)cccc1[N+](=O)[O-]. The number of nitro benzene ring substituents is 1. The van der Waals surface area contributed by atoms with Crippen molar-refractivity contribution in [1.82, 2.24) is 0 Å². The standard InChI is InChI=1S/C9H8ClFN2O3/c1-5(10)9(14)12-8-6(11)3-2-4-7(8)13(15)16/h2-5H,1H3,(H,12,14). The summed E-state index contributed by atoms with van der Waals surface area (Å²) in [7, 11) is 0. The Hall–Kier alpha value is -1.69. The van der Waals surface area contributed by atoms with Crippen molar-refractivity contribution in [1.29, 1.82) is 0 Å². The smallest absolute Gasteiger partial charge is 0.295 e. The number of carbonyl (C=O) groups excluding carboxylic acids is 1. The van der Waals surface area contributed by atoms with Crippen LogP contribution in [0.15, 0.2) is 18.2 Å². The Morgan fingerprint density at radius 3 is 2.75 bits per heavy atom. The van der Waals surface area contributed by atoms with Gasteiger partial charge < -0.3 is 5.32 Å². The minimum Gasteiger partial charge on any atom is -0.317 e. The predicted molar refractivity (Wildman–Crippen MR) is 57.0 cm³/mol. The summed E-state index contributed by atoms with van der Waals surface area (Å²) >= 11 is 5.46. The van der Waals surface area contributed by atoms with Gasteiger partial charge >= 0.3 is 0 Å². The third kappa shape index (κ3) is 2.66. The van der Waals surface area contributed by atoms with Crippen LogP contribution in [0, 0.1) is 15.9 Å². The summed E-state index contributed by atoms with van der Waals surface area (Å²) < 4.78 is 13.3. The van der Waals surface area contributed by atoms with Crippen molar-refractivity contribution in [2.45, 2.75) is 12.3 Å². The van der Waals surface area contributed by atoms with Crippen LogP contribution >= 0.6 is 11.6 Å². The third-order valence-electron chi connectivity index (χ3n) is 1.80. The minimum atomic E-state index is -0.904. The summed E-state index contributed by atoms with van der Waals surface area (Å²) in [6.45, 7) is 1.38. The molecule has 0 radical (unpaired) electrons. The van der Waals surface area contributed by atoms with E-state index < -0.39 is 33.4 Å². The Labute approximate surface area is 95.4 Å². The number of anilines is 1. The van der Waals surface area contributed by atoms with Crippen molar-refractivity contribution in [2.75, 3.05) is 5.32 Å². The van der Waals surface area contributed by atoms with E-state index in [0.717, 1.165) is 12.1 Å². The van der Waals surface area contributed by atoms with Gasteiger partial charge in [0.15, 0.2) is 11.5 Å². The fraction of sp³-hybridized carbons (Fsp3) is 0.222. The fourth-order valence-electron chi connectivity index (χ4n) is 1.01. The van der Waals surface area contributed by atoms with Crippen molar-refractivity contribution in [3.63, 3.8) is 0 Å². The number of rotatable bonds is 3. The maximum atomic E-state index is 13.3. The molecule has 0 aliphatic carbocycles. The monoisotopic (exact) mass is 246 g/mol. The van der Waals surface area contributed by atoms with Crippen LogP contribution in [-0.2, 0) is 4.79 Å². The van der Waals surface area contributed by atoms with Crippen LogP contribution in [0.2, 0.25) is 0 Å². The normalized spacial score (nSPS) is 11.9. The Kier molecular flexibility index (Phi) is 3.78. The molecule has 0 aromatic heterocycles. The first kappa shape index (κ1) is 12.4. The van der Waals surface area contributed by atoms with Crippen LogP contribution < -0.4 is 5.32 Å². The number of nitrogens with zero attached hydrogens (tertiary/aromatic N) is 1. The van der Waals surface area contributed by atoms with Crippen molar-refractivity contribution < 1.29 is 14.1 Å². The van der Waals surface area contributed by atoms with E-state index in [-0.39, 0.29) is 0 Å². The molecule has 1 unspecified atom stereocenters. The number of nitrogens with one attached hydrogen (secondary N) is 1. The van der Waals surface area contributed by atoms with E-state index >= 15 is 0 Å². The van der Waals surface area contributed by atoms with Gasteiger partial charge in [-0.2, -0.15) is 0 Å². The van der Waals surface area contributed by atoms with E-state index in [0.29, 0.717) is 0 Å². The second kappa shape index (κ2) is 4.89. The van der Waals surface area contributed by atoms with Crippen molar-refractivity contribution in [3.05, 3.63) is 34.1 Å².